The minimum absolute atomic E-state index is 0.0811. The van der Waals surface area contributed by atoms with Crippen molar-refractivity contribution in [3.63, 3.8) is 0 Å². The van der Waals surface area contributed by atoms with Gasteiger partial charge in [-0.2, -0.15) is 0 Å². The molecule has 1 amide bonds. The van der Waals surface area contributed by atoms with E-state index >= 15 is 0 Å². The summed E-state index contributed by atoms with van der Waals surface area (Å²) in [7, 11) is 0. The highest BCUT2D eigenvalue weighted by Crippen LogP contribution is 2.43. The summed E-state index contributed by atoms with van der Waals surface area (Å²) in [5.41, 5.74) is 3.13. The molecular formula is C20H23N7O. The van der Waals surface area contributed by atoms with Gasteiger partial charge in [-0.1, -0.05) is 6.58 Å². The number of nitrogens with one attached hydrogen (secondary N) is 1. The summed E-state index contributed by atoms with van der Waals surface area (Å²) >= 11 is 0. The van der Waals surface area contributed by atoms with Crippen LogP contribution in [0.3, 0.4) is 0 Å². The fourth-order valence-electron chi connectivity index (χ4n) is 4.71. The second-order valence-electron chi connectivity index (χ2n) is 8.02. The Labute approximate surface area is 163 Å². The molecular weight excluding hydrogens is 354 g/mol. The van der Waals surface area contributed by atoms with Gasteiger partial charge >= 0.3 is 0 Å². The van der Waals surface area contributed by atoms with E-state index in [1.54, 1.807) is 18.6 Å². The SMILES string of the molecule is C=C1CCc2cc(/C=C/C(=O)N3C[C@H]4CC(n5cnnn5)C[C@H]4C3)cnc2N1. The molecule has 2 fully saturated rings. The number of likely N-dealkylation sites (tertiary alicyclic amines) is 1. The number of pyridine rings is 1. The summed E-state index contributed by atoms with van der Waals surface area (Å²) in [6, 6.07) is 2.46. The van der Waals surface area contributed by atoms with E-state index in [4.69, 9.17) is 0 Å². The Bertz CT molecular complexity index is 922. The molecule has 0 bridgehead atoms. The first kappa shape index (κ1) is 17.1. The Morgan fingerprint density at radius 2 is 2.07 bits per heavy atom. The lowest BCUT2D eigenvalue weighted by Crippen LogP contribution is -2.28. The molecule has 1 saturated heterocycles. The largest absolute Gasteiger partial charge is 0.344 e. The van der Waals surface area contributed by atoms with Crippen molar-refractivity contribution >= 4 is 17.8 Å². The molecule has 28 heavy (non-hydrogen) atoms. The number of aromatic nitrogens is 5. The number of tetrazole rings is 1. The maximum atomic E-state index is 12.6. The van der Waals surface area contributed by atoms with E-state index in [1.165, 1.54) is 5.56 Å². The molecule has 8 heteroatoms. The molecule has 0 aromatic carbocycles. The predicted molar refractivity (Wildman–Crippen MR) is 104 cm³/mol. The first-order valence-electron chi connectivity index (χ1n) is 9.79. The highest BCUT2D eigenvalue weighted by atomic mass is 16.2. The van der Waals surface area contributed by atoms with Gasteiger partial charge in [-0.25, -0.2) is 9.67 Å². The van der Waals surface area contributed by atoms with Crippen LogP contribution in [0.2, 0.25) is 0 Å². The summed E-state index contributed by atoms with van der Waals surface area (Å²) in [5.74, 6) is 2.04. The van der Waals surface area contributed by atoms with E-state index < -0.39 is 0 Å². The van der Waals surface area contributed by atoms with Crippen molar-refractivity contribution in [3.8, 4) is 0 Å². The molecule has 1 aliphatic carbocycles. The minimum Gasteiger partial charge on any atom is -0.344 e. The second kappa shape index (κ2) is 6.85. The van der Waals surface area contributed by atoms with E-state index in [2.05, 4.69) is 38.5 Å². The van der Waals surface area contributed by atoms with Gasteiger partial charge in [0.05, 0.1) is 6.04 Å². The highest BCUT2D eigenvalue weighted by Gasteiger charge is 2.42. The van der Waals surface area contributed by atoms with Gasteiger partial charge in [0, 0.05) is 31.1 Å². The number of nitrogens with zero attached hydrogens (tertiary/aromatic N) is 6. The first-order chi connectivity index (χ1) is 13.7. The maximum absolute atomic E-state index is 12.6. The number of rotatable bonds is 3. The second-order valence-corrected chi connectivity index (χ2v) is 8.02. The monoisotopic (exact) mass is 377 g/mol. The molecule has 5 rings (SSSR count). The lowest BCUT2D eigenvalue weighted by Gasteiger charge is -2.19. The van der Waals surface area contributed by atoms with Crippen molar-refractivity contribution < 1.29 is 4.79 Å². The predicted octanol–water partition coefficient (Wildman–Crippen LogP) is 2.06. The smallest absolute Gasteiger partial charge is 0.246 e. The zero-order valence-electron chi connectivity index (χ0n) is 15.7. The fourth-order valence-corrected chi connectivity index (χ4v) is 4.71. The van der Waals surface area contributed by atoms with Gasteiger partial charge in [0.25, 0.3) is 0 Å². The lowest BCUT2D eigenvalue weighted by atomic mass is 10.0. The molecule has 0 spiro atoms. The highest BCUT2D eigenvalue weighted by molar-refractivity contribution is 5.92. The topological polar surface area (TPSA) is 88.8 Å². The van der Waals surface area contributed by atoms with Crippen LogP contribution in [-0.2, 0) is 11.2 Å². The number of anilines is 1. The molecule has 2 aromatic rings. The van der Waals surface area contributed by atoms with Crippen LogP contribution in [0.15, 0.2) is 36.9 Å². The summed E-state index contributed by atoms with van der Waals surface area (Å²) in [4.78, 5) is 19.1. The average Bonchev–Trinajstić information content (AvgIpc) is 3.41. The van der Waals surface area contributed by atoms with E-state index in [0.29, 0.717) is 17.9 Å². The number of fused-ring (bicyclic) bond motifs is 2. The summed E-state index contributed by atoms with van der Waals surface area (Å²) < 4.78 is 1.86. The molecule has 3 atom stereocenters. The van der Waals surface area contributed by atoms with Gasteiger partial charge in [0.2, 0.25) is 5.91 Å². The summed E-state index contributed by atoms with van der Waals surface area (Å²) in [6.45, 7) is 5.60. The molecule has 1 unspecified atom stereocenters. The van der Waals surface area contributed by atoms with Crippen LogP contribution < -0.4 is 5.32 Å². The molecule has 2 aromatic heterocycles. The quantitative estimate of drug-likeness (QED) is 0.824. The number of amides is 1. The van der Waals surface area contributed by atoms with Crippen LogP contribution in [0, 0.1) is 11.8 Å². The third-order valence-electron chi connectivity index (χ3n) is 6.17. The number of allylic oxidation sites excluding steroid dienone is 1. The van der Waals surface area contributed by atoms with E-state index in [0.717, 1.165) is 55.9 Å². The van der Waals surface area contributed by atoms with Crippen molar-refractivity contribution in [2.24, 2.45) is 11.8 Å². The van der Waals surface area contributed by atoms with Crippen LogP contribution in [0.4, 0.5) is 5.82 Å². The van der Waals surface area contributed by atoms with Gasteiger partial charge < -0.3 is 10.2 Å². The molecule has 0 radical (unpaired) electrons. The van der Waals surface area contributed by atoms with Crippen LogP contribution >= 0.6 is 0 Å². The molecule has 3 aliphatic rings. The molecule has 2 aliphatic heterocycles. The van der Waals surface area contributed by atoms with Gasteiger partial charge in [-0.3, -0.25) is 4.79 Å². The molecule has 8 nitrogen and oxygen atoms in total. The zero-order chi connectivity index (χ0) is 19.1. The standard InChI is InChI=1S/C20H23N7O/c1-13-2-4-15-6-14(9-21-20(15)23-13)3-5-19(28)26-10-16-7-18(8-17(16)11-26)27-12-22-24-25-27/h3,5-6,9,12,16-18H,1-2,4,7-8,10-11H2,(H,21,23)/b5-3+/t16-,17+,18?. The van der Waals surface area contributed by atoms with Crippen LogP contribution in [0.25, 0.3) is 6.08 Å². The summed E-state index contributed by atoms with van der Waals surface area (Å²) in [5, 5.41) is 14.7. The van der Waals surface area contributed by atoms with E-state index in [1.807, 2.05) is 15.7 Å². The Morgan fingerprint density at radius 3 is 2.82 bits per heavy atom. The average molecular weight is 377 g/mol. The van der Waals surface area contributed by atoms with E-state index in [9.17, 15) is 4.79 Å². The van der Waals surface area contributed by atoms with E-state index in [-0.39, 0.29) is 5.91 Å². The Morgan fingerprint density at radius 1 is 1.25 bits per heavy atom. The third kappa shape index (κ3) is 3.19. The van der Waals surface area contributed by atoms with Crippen LogP contribution in [0.5, 0.6) is 0 Å². The zero-order valence-corrected chi connectivity index (χ0v) is 15.7. The number of aryl methyl sites for hydroxylation is 1. The number of carbonyl (C=O) groups excluding carboxylic acids is 1. The summed E-state index contributed by atoms with van der Waals surface area (Å²) in [6.07, 6.45) is 11.0. The normalized spacial score (nSPS) is 26.4. The lowest BCUT2D eigenvalue weighted by molar-refractivity contribution is -0.125. The third-order valence-corrected chi connectivity index (χ3v) is 6.17. The van der Waals surface area contributed by atoms with Crippen LogP contribution in [0.1, 0.15) is 36.4 Å². The molecule has 1 N–H and O–H groups in total. The van der Waals surface area contributed by atoms with Gasteiger partial charge in [-0.15, -0.1) is 5.10 Å². The first-order valence-corrected chi connectivity index (χ1v) is 9.79. The van der Waals surface area contributed by atoms with Crippen molar-refractivity contribution in [1.29, 1.82) is 0 Å². The van der Waals surface area contributed by atoms with Crippen molar-refractivity contribution in [3.05, 3.63) is 48.1 Å². The maximum Gasteiger partial charge on any atom is 0.246 e. The number of carbonyl (C=O) groups is 1. The fraction of sp³-hybridized carbons (Fsp3) is 0.450. The Balaban J connectivity index is 1.20. The molecule has 1 saturated carbocycles. The van der Waals surface area contributed by atoms with Crippen LogP contribution in [-0.4, -0.2) is 49.1 Å². The minimum atomic E-state index is 0.0811. The molecule has 4 heterocycles. The number of hydrogen-bond donors (Lipinski definition) is 1. The van der Waals surface area contributed by atoms with Gasteiger partial charge in [-0.05, 0) is 71.2 Å². The Hall–Kier alpha value is -3.03. The van der Waals surface area contributed by atoms with Crippen molar-refractivity contribution in [2.45, 2.75) is 31.7 Å². The Kier molecular flexibility index (Phi) is 4.18. The number of hydrogen-bond acceptors (Lipinski definition) is 6. The van der Waals surface area contributed by atoms with Crippen molar-refractivity contribution in [1.82, 2.24) is 30.1 Å². The van der Waals surface area contributed by atoms with Gasteiger partial charge in [0.1, 0.15) is 12.1 Å². The molecule has 144 valence electrons. The van der Waals surface area contributed by atoms with Gasteiger partial charge in [0.15, 0.2) is 0 Å². The van der Waals surface area contributed by atoms with Crippen molar-refractivity contribution in [2.75, 3.05) is 18.4 Å².